The van der Waals surface area contributed by atoms with Crippen molar-refractivity contribution in [2.75, 3.05) is 0 Å². The highest BCUT2D eigenvalue weighted by Gasteiger charge is 2.19. The number of rotatable bonds is 6. The molecule has 7 aromatic carbocycles. The zero-order valence-corrected chi connectivity index (χ0v) is 34.7. The third-order valence-electron chi connectivity index (χ3n) is 12.4. The first kappa shape index (κ1) is 35.6. The van der Waals surface area contributed by atoms with Gasteiger partial charge in [-0.3, -0.25) is 9.55 Å². The predicted molar refractivity (Wildman–Crippen MR) is 263 cm³/mol. The molecule has 6 heterocycles. The summed E-state index contributed by atoms with van der Waals surface area (Å²) in [5.74, 6) is 0.891. The number of aromatic nitrogens is 5. The molecule has 0 aliphatic rings. The molecule has 0 amide bonds. The van der Waals surface area contributed by atoms with Gasteiger partial charge in [-0.1, -0.05) is 127 Å². The molecule has 0 aliphatic heterocycles. The largest absolute Gasteiger partial charge is 0.309 e. The van der Waals surface area contributed by atoms with Crippen LogP contribution in [0.15, 0.2) is 212 Å². The van der Waals surface area contributed by atoms with Gasteiger partial charge in [0, 0.05) is 38.9 Å². The molecule has 5 nitrogen and oxygen atoms in total. The van der Waals surface area contributed by atoms with Gasteiger partial charge in [-0.2, -0.15) is 0 Å². The van der Waals surface area contributed by atoms with E-state index in [2.05, 4.69) is 209 Å². The van der Waals surface area contributed by atoms with Crippen molar-refractivity contribution in [1.29, 1.82) is 0 Å². The fourth-order valence-electron chi connectivity index (χ4n) is 9.45. The number of thiophene rings is 1. The van der Waals surface area contributed by atoms with E-state index in [-0.39, 0.29) is 0 Å². The van der Waals surface area contributed by atoms with E-state index in [4.69, 9.17) is 15.0 Å². The summed E-state index contributed by atoms with van der Waals surface area (Å²) in [6.45, 7) is 0. The monoisotopic (exact) mass is 821 g/mol. The highest BCUT2D eigenvalue weighted by atomic mass is 32.1. The molecule has 0 saturated carbocycles. The SMILES string of the molecule is c1ccc(-c2cc(-n3c4ccccc4c4cc(-c5cccc(-c6ccc7c(c6)c6ccccc6n7-c6ccc7sc8cccnc8c7n6)c5)ccc43)cc(-c3ccccc3)n2)cc1. The molecule has 0 bridgehead atoms. The number of hydrogen-bond acceptors (Lipinski definition) is 4. The number of pyridine rings is 3. The maximum atomic E-state index is 5.23. The summed E-state index contributed by atoms with van der Waals surface area (Å²) >= 11 is 1.74. The third-order valence-corrected chi connectivity index (χ3v) is 13.5. The van der Waals surface area contributed by atoms with Gasteiger partial charge in [0.25, 0.3) is 0 Å². The molecule has 0 unspecified atom stereocenters. The molecular weight excluding hydrogens is 787 g/mol. The molecular formula is C57H35N5S. The van der Waals surface area contributed by atoms with E-state index in [9.17, 15) is 0 Å². The molecule has 13 aromatic rings. The topological polar surface area (TPSA) is 48.5 Å². The molecule has 0 fully saturated rings. The lowest BCUT2D eigenvalue weighted by atomic mass is 9.97. The first-order valence-corrected chi connectivity index (χ1v) is 22.0. The Hall–Kier alpha value is -8.19. The van der Waals surface area contributed by atoms with Crippen molar-refractivity contribution in [3.8, 4) is 56.3 Å². The lowest BCUT2D eigenvalue weighted by Gasteiger charge is -2.13. The molecule has 0 aliphatic carbocycles. The van der Waals surface area contributed by atoms with Crippen LogP contribution < -0.4 is 0 Å². The van der Waals surface area contributed by atoms with Crippen LogP contribution in [0.4, 0.5) is 0 Å². The van der Waals surface area contributed by atoms with E-state index in [0.29, 0.717) is 0 Å². The van der Waals surface area contributed by atoms with E-state index in [1.807, 2.05) is 12.3 Å². The van der Waals surface area contributed by atoms with Crippen LogP contribution in [0, 0.1) is 0 Å². The molecule has 0 atom stereocenters. The number of para-hydroxylation sites is 2. The highest BCUT2D eigenvalue weighted by Crippen LogP contribution is 2.40. The summed E-state index contributed by atoms with van der Waals surface area (Å²) in [5, 5.41) is 4.81. The minimum atomic E-state index is 0.891. The Morgan fingerprint density at radius 2 is 0.857 bits per heavy atom. The smallest absolute Gasteiger partial charge is 0.138 e. The Morgan fingerprint density at radius 1 is 0.333 bits per heavy atom. The minimum absolute atomic E-state index is 0.891. The molecule has 6 heteroatoms. The highest BCUT2D eigenvalue weighted by molar-refractivity contribution is 7.25. The zero-order chi connectivity index (χ0) is 41.4. The standard InChI is InChI=1S/C57H35N5S/c1-3-13-36(14-4-1)47-34-42(35-48(59-47)37-15-5-2-6-16-37)61-49-21-9-7-19-43(49)45-32-40(24-26-51(45)61)38-17-11-18-39(31-38)41-25-27-52-46(33-41)44-20-8-10-22-50(44)62(52)55-29-28-54-57(60-55)56-53(63-54)23-12-30-58-56/h1-35H. The maximum absolute atomic E-state index is 5.23. The molecule has 6 aromatic heterocycles. The molecule has 0 N–H and O–H groups in total. The average Bonchev–Trinajstić information content (AvgIpc) is 4.01. The van der Waals surface area contributed by atoms with Crippen LogP contribution in [0.2, 0.25) is 0 Å². The van der Waals surface area contributed by atoms with Gasteiger partial charge in [-0.05, 0) is 101 Å². The molecule has 13 rings (SSSR count). The van der Waals surface area contributed by atoms with Gasteiger partial charge in [0.15, 0.2) is 0 Å². The van der Waals surface area contributed by atoms with Crippen LogP contribution in [-0.2, 0) is 0 Å². The number of fused-ring (bicyclic) bond motifs is 9. The van der Waals surface area contributed by atoms with Crippen molar-refractivity contribution in [1.82, 2.24) is 24.1 Å². The molecule has 0 saturated heterocycles. The average molecular weight is 822 g/mol. The van der Waals surface area contributed by atoms with Crippen molar-refractivity contribution in [3.63, 3.8) is 0 Å². The Kier molecular flexibility index (Phi) is 8.01. The second kappa shape index (κ2) is 14.2. The molecule has 0 radical (unpaired) electrons. The minimum Gasteiger partial charge on any atom is -0.309 e. The van der Waals surface area contributed by atoms with Crippen LogP contribution >= 0.6 is 11.3 Å². The lowest BCUT2D eigenvalue weighted by molar-refractivity contribution is 1.10. The van der Waals surface area contributed by atoms with Crippen molar-refractivity contribution < 1.29 is 0 Å². The van der Waals surface area contributed by atoms with Gasteiger partial charge in [0.1, 0.15) is 16.9 Å². The van der Waals surface area contributed by atoms with Crippen LogP contribution in [0.1, 0.15) is 0 Å². The summed E-state index contributed by atoms with van der Waals surface area (Å²) < 4.78 is 6.98. The van der Waals surface area contributed by atoms with Crippen LogP contribution in [-0.4, -0.2) is 24.1 Å². The normalized spacial score (nSPS) is 11.8. The van der Waals surface area contributed by atoms with Crippen molar-refractivity contribution >= 4 is 75.4 Å². The molecule has 0 spiro atoms. The summed E-state index contributed by atoms with van der Waals surface area (Å²) in [7, 11) is 0. The Labute approximate surface area is 366 Å². The first-order chi connectivity index (χ1) is 31.2. The summed E-state index contributed by atoms with van der Waals surface area (Å²) in [5.41, 5.74) is 16.3. The Morgan fingerprint density at radius 3 is 1.51 bits per heavy atom. The lowest BCUT2D eigenvalue weighted by Crippen LogP contribution is -1.98. The van der Waals surface area contributed by atoms with Gasteiger partial charge in [0.2, 0.25) is 0 Å². The van der Waals surface area contributed by atoms with Gasteiger partial charge < -0.3 is 4.57 Å². The zero-order valence-electron chi connectivity index (χ0n) is 33.9. The van der Waals surface area contributed by atoms with Crippen LogP contribution in [0.3, 0.4) is 0 Å². The summed E-state index contributed by atoms with van der Waals surface area (Å²) in [4.78, 5) is 15.1. The summed E-state index contributed by atoms with van der Waals surface area (Å²) in [6, 6.07) is 73.9. The van der Waals surface area contributed by atoms with Gasteiger partial charge in [-0.15, -0.1) is 11.3 Å². The number of nitrogens with zero attached hydrogens (tertiary/aromatic N) is 5. The fraction of sp³-hybridized carbons (Fsp3) is 0. The van der Waals surface area contributed by atoms with Crippen molar-refractivity contribution in [2.24, 2.45) is 0 Å². The van der Waals surface area contributed by atoms with Crippen molar-refractivity contribution in [3.05, 3.63) is 212 Å². The van der Waals surface area contributed by atoms with Crippen molar-refractivity contribution in [2.45, 2.75) is 0 Å². The van der Waals surface area contributed by atoms with E-state index in [0.717, 1.165) is 76.5 Å². The number of hydrogen-bond donors (Lipinski definition) is 0. The maximum Gasteiger partial charge on any atom is 0.138 e. The molecule has 63 heavy (non-hydrogen) atoms. The fourth-order valence-corrected chi connectivity index (χ4v) is 10.5. The first-order valence-electron chi connectivity index (χ1n) is 21.2. The van der Waals surface area contributed by atoms with E-state index >= 15 is 0 Å². The van der Waals surface area contributed by atoms with E-state index < -0.39 is 0 Å². The predicted octanol–water partition coefficient (Wildman–Crippen LogP) is 15.1. The van der Waals surface area contributed by atoms with Crippen LogP contribution in [0.25, 0.3) is 120 Å². The summed E-state index contributed by atoms with van der Waals surface area (Å²) in [6.07, 6.45) is 1.85. The van der Waals surface area contributed by atoms with E-state index in [1.165, 1.54) is 43.8 Å². The van der Waals surface area contributed by atoms with Crippen LogP contribution in [0.5, 0.6) is 0 Å². The quantitative estimate of drug-likeness (QED) is 0.168. The molecule has 294 valence electrons. The van der Waals surface area contributed by atoms with Gasteiger partial charge >= 0.3 is 0 Å². The number of benzene rings is 7. The Balaban J connectivity index is 0.920. The second-order valence-corrected chi connectivity index (χ2v) is 17.1. The third kappa shape index (κ3) is 5.80. The van der Waals surface area contributed by atoms with Gasteiger partial charge in [-0.25, -0.2) is 9.97 Å². The van der Waals surface area contributed by atoms with Gasteiger partial charge in [0.05, 0.1) is 48.5 Å². The van der Waals surface area contributed by atoms with E-state index in [1.54, 1.807) is 11.3 Å². The second-order valence-electron chi connectivity index (χ2n) is 16.0. The Bertz CT molecular complexity index is 3860.